The average Bonchev–Trinajstić information content (AvgIpc) is 2.52. The predicted molar refractivity (Wildman–Crippen MR) is 84.7 cm³/mol. The standard InChI is InChI=1S/C15H13BrN2O5/c1-2-22-14(20)5-6-15(21)23-9-11-7-13(19)18-8-10(16)3-4-12(18)17-11/h3-8H,2,9H2,1H3. The number of ether oxygens (including phenoxy) is 2. The zero-order valence-corrected chi connectivity index (χ0v) is 13.8. The van der Waals surface area contributed by atoms with E-state index in [1.807, 2.05) is 0 Å². The maximum absolute atomic E-state index is 12.0. The number of nitrogens with zero attached hydrogens (tertiary/aromatic N) is 2. The van der Waals surface area contributed by atoms with E-state index in [4.69, 9.17) is 4.74 Å². The van der Waals surface area contributed by atoms with Crippen molar-refractivity contribution < 1.29 is 19.1 Å². The molecule has 0 amide bonds. The summed E-state index contributed by atoms with van der Waals surface area (Å²) in [4.78, 5) is 38.7. The Labute approximate surface area is 139 Å². The van der Waals surface area contributed by atoms with Gasteiger partial charge in [-0.05, 0) is 35.0 Å². The summed E-state index contributed by atoms with van der Waals surface area (Å²) in [7, 11) is 0. The van der Waals surface area contributed by atoms with Gasteiger partial charge < -0.3 is 9.47 Å². The van der Waals surface area contributed by atoms with Gasteiger partial charge in [-0.2, -0.15) is 0 Å². The maximum atomic E-state index is 12.0. The molecule has 23 heavy (non-hydrogen) atoms. The molecule has 0 atom stereocenters. The largest absolute Gasteiger partial charge is 0.463 e. The second-order valence-corrected chi connectivity index (χ2v) is 5.27. The number of hydrogen-bond acceptors (Lipinski definition) is 6. The van der Waals surface area contributed by atoms with E-state index in [0.717, 1.165) is 16.6 Å². The second kappa shape index (κ2) is 7.68. The first-order valence-electron chi connectivity index (χ1n) is 6.69. The number of pyridine rings is 1. The lowest BCUT2D eigenvalue weighted by molar-refractivity contribution is -0.141. The minimum atomic E-state index is -0.726. The molecule has 0 aliphatic carbocycles. The summed E-state index contributed by atoms with van der Waals surface area (Å²) in [5.41, 5.74) is 0.466. The summed E-state index contributed by atoms with van der Waals surface area (Å²) >= 11 is 3.27. The Morgan fingerprint density at radius 2 is 1.96 bits per heavy atom. The number of fused-ring (bicyclic) bond motifs is 1. The maximum Gasteiger partial charge on any atom is 0.331 e. The van der Waals surface area contributed by atoms with Crippen LogP contribution in [0.2, 0.25) is 0 Å². The molecule has 0 aliphatic heterocycles. The van der Waals surface area contributed by atoms with Crippen LogP contribution in [-0.2, 0) is 25.7 Å². The molecular weight excluding hydrogens is 368 g/mol. The first-order chi connectivity index (χ1) is 11.0. The molecule has 2 aromatic rings. The number of halogens is 1. The van der Waals surface area contributed by atoms with Gasteiger partial charge >= 0.3 is 11.9 Å². The Hall–Kier alpha value is -2.48. The van der Waals surface area contributed by atoms with Crippen molar-refractivity contribution >= 4 is 33.5 Å². The smallest absolute Gasteiger partial charge is 0.331 e. The molecule has 2 rings (SSSR count). The van der Waals surface area contributed by atoms with Gasteiger partial charge in [-0.1, -0.05) is 0 Å². The van der Waals surface area contributed by atoms with E-state index in [9.17, 15) is 14.4 Å². The molecule has 0 saturated heterocycles. The summed E-state index contributed by atoms with van der Waals surface area (Å²) in [5, 5.41) is 0. The van der Waals surface area contributed by atoms with Crippen LogP contribution in [0.4, 0.5) is 0 Å². The van der Waals surface area contributed by atoms with Gasteiger partial charge in [0.05, 0.1) is 12.3 Å². The molecule has 120 valence electrons. The lowest BCUT2D eigenvalue weighted by Crippen LogP contribution is -2.16. The van der Waals surface area contributed by atoms with Gasteiger partial charge in [0.15, 0.2) is 0 Å². The van der Waals surface area contributed by atoms with E-state index < -0.39 is 11.9 Å². The molecule has 7 nitrogen and oxygen atoms in total. The highest BCUT2D eigenvalue weighted by Gasteiger charge is 2.06. The van der Waals surface area contributed by atoms with Crippen LogP contribution in [0.25, 0.3) is 5.65 Å². The Bertz CT molecular complexity index is 828. The van der Waals surface area contributed by atoms with Crippen molar-refractivity contribution in [3.8, 4) is 0 Å². The van der Waals surface area contributed by atoms with E-state index in [1.54, 1.807) is 25.3 Å². The number of carbonyl (C=O) groups excluding carboxylic acids is 2. The molecule has 0 aliphatic rings. The predicted octanol–water partition coefficient (Wildman–Crippen LogP) is 1.62. The van der Waals surface area contributed by atoms with Gasteiger partial charge in [-0.3, -0.25) is 9.20 Å². The lowest BCUT2D eigenvalue weighted by Gasteiger charge is -2.05. The van der Waals surface area contributed by atoms with Crippen LogP contribution in [0, 0.1) is 0 Å². The molecule has 8 heteroatoms. The van der Waals surface area contributed by atoms with Crippen molar-refractivity contribution in [2.75, 3.05) is 6.61 Å². The third kappa shape index (κ3) is 4.75. The van der Waals surface area contributed by atoms with Crippen LogP contribution in [0.3, 0.4) is 0 Å². The van der Waals surface area contributed by atoms with Crippen LogP contribution in [-0.4, -0.2) is 27.9 Å². The van der Waals surface area contributed by atoms with Gasteiger partial charge in [0, 0.05) is 28.9 Å². The number of esters is 2. The van der Waals surface area contributed by atoms with Crippen molar-refractivity contribution in [3.63, 3.8) is 0 Å². The average molecular weight is 381 g/mol. The second-order valence-electron chi connectivity index (χ2n) is 4.35. The van der Waals surface area contributed by atoms with E-state index >= 15 is 0 Å². The molecule has 0 saturated carbocycles. The fraction of sp³-hybridized carbons (Fsp3) is 0.200. The highest BCUT2D eigenvalue weighted by Crippen LogP contribution is 2.09. The molecule has 0 unspecified atom stereocenters. The van der Waals surface area contributed by atoms with Crippen LogP contribution in [0.15, 0.2) is 45.8 Å². The van der Waals surface area contributed by atoms with Gasteiger partial charge in [-0.25, -0.2) is 14.6 Å². The summed E-state index contributed by atoms with van der Waals surface area (Å²) in [6, 6.07) is 4.69. The monoisotopic (exact) mass is 380 g/mol. The zero-order chi connectivity index (χ0) is 16.8. The van der Waals surface area contributed by atoms with E-state index in [0.29, 0.717) is 11.3 Å². The molecule has 2 aromatic heterocycles. The molecule has 0 spiro atoms. The van der Waals surface area contributed by atoms with Crippen LogP contribution < -0.4 is 5.56 Å². The Morgan fingerprint density at radius 1 is 1.26 bits per heavy atom. The first-order valence-corrected chi connectivity index (χ1v) is 7.48. The van der Waals surface area contributed by atoms with Crippen molar-refractivity contribution in [3.05, 3.63) is 57.1 Å². The van der Waals surface area contributed by atoms with Gasteiger partial charge in [0.1, 0.15) is 12.3 Å². The topological polar surface area (TPSA) is 87.0 Å². The number of hydrogen-bond donors (Lipinski definition) is 0. The molecule has 0 bridgehead atoms. The van der Waals surface area contributed by atoms with Crippen molar-refractivity contribution in [2.45, 2.75) is 13.5 Å². The lowest BCUT2D eigenvalue weighted by atomic mass is 10.4. The minimum absolute atomic E-state index is 0.173. The van der Waals surface area contributed by atoms with Crippen LogP contribution in [0.5, 0.6) is 0 Å². The van der Waals surface area contributed by atoms with Gasteiger partial charge in [0.25, 0.3) is 5.56 Å². The Balaban J connectivity index is 2.05. The van der Waals surface area contributed by atoms with E-state index in [1.165, 1.54) is 10.5 Å². The summed E-state index contributed by atoms with van der Waals surface area (Å²) in [6.45, 7) is 1.71. The van der Waals surface area contributed by atoms with Gasteiger partial charge in [0.2, 0.25) is 0 Å². The van der Waals surface area contributed by atoms with Gasteiger partial charge in [-0.15, -0.1) is 0 Å². The van der Waals surface area contributed by atoms with E-state index in [2.05, 4.69) is 25.7 Å². The fourth-order valence-corrected chi connectivity index (χ4v) is 2.06. The number of rotatable bonds is 5. The number of aromatic nitrogens is 2. The molecule has 2 heterocycles. The highest BCUT2D eigenvalue weighted by molar-refractivity contribution is 9.10. The summed E-state index contributed by atoms with van der Waals surface area (Å²) < 4.78 is 11.7. The molecule has 0 N–H and O–H groups in total. The zero-order valence-electron chi connectivity index (χ0n) is 12.2. The minimum Gasteiger partial charge on any atom is -0.463 e. The summed E-state index contributed by atoms with van der Waals surface area (Å²) in [6.07, 6.45) is 3.54. The van der Waals surface area contributed by atoms with E-state index in [-0.39, 0.29) is 18.8 Å². The molecular formula is C15H13BrN2O5. The summed E-state index contributed by atoms with van der Waals surface area (Å²) in [5.74, 6) is -1.35. The quantitative estimate of drug-likeness (QED) is 0.578. The molecule has 0 aromatic carbocycles. The SMILES string of the molecule is CCOC(=O)C=CC(=O)OCc1cc(=O)n2cc(Br)ccc2n1. The normalized spacial score (nSPS) is 10.9. The Kier molecular flexibility index (Phi) is 5.64. The molecule has 0 radical (unpaired) electrons. The Morgan fingerprint density at radius 3 is 2.65 bits per heavy atom. The highest BCUT2D eigenvalue weighted by atomic mass is 79.9. The van der Waals surface area contributed by atoms with Crippen molar-refractivity contribution in [2.24, 2.45) is 0 Å². The van der Waals surface area contributed by atoms with Crippen LogP contribution in [0.1, 0.15) is 12.6 Å². The van der Waals surface area contributed by atoms with Crippen LogP contribution >= 0.6 is 15.9 Å². The van der Waals surface area contributed by atoms with Crippen molar-refractivity contribution in [1.82, 2.24) is 9.38 Å². The van der Waals surface area contributed by atoms with Crippen molar-refractivity contribution in [1.29, 1.82) is 0 Å². The third-order valence-corrected chi connectivity index (χ3v) is 3.15. The first kappa shape index (κ1) is 16.9. The number of carbonyl (C=O) groups is 2. The fourth-order valence-electron chi connectivity index (χ4n) is 1.72. The third-order valence-electron chi connectivity index (χ3n) is 2.68. The molecule has 0 fully saturated rings.